The van der Waals surface area contributed by atoms with Crippen LogP contribution in [0.1, 0.15) is 5.56 Å². The van der Waals surface area contributed by atoms with Crippen LogP contribution in [-0.4, -0.2) is 15.3 Å². The number of benzene rings is 1. The summed E-state index contributed by atoms with van der Waals surface area (Å²) in [5.74, 6) is 0.817. The van der Waals surface area contributed by atoms with Crippen molar-refractivity contribution in [3.05, 3.63) is 45.2 Å². The summed E-state index contributed by atoms with van der Waals surface area (Å²) in [7, 11) is 0. The van der Waals surface area contributed by atoms with Gasteiger partial charge >= 0.3 is 0 Å². The smallest absolute Gasteiger partial charge is 0.272 e. The molecule has 94 valence electrons. The predicted molar refractivity (Wildman–Crippen MR) is 74.4 cm³/mol. The molecule has 0 amide bonds. The van der Waals surface area contributed by atoms with Gasteiger partial charge in [-0.3, -0.25) is 9.36 Å². The lowest BCUT2D eigenvalue weighted by atomic mass is 10.1. The first kappa shape index (κ1) is 12.3. The Labute approximate surface area is 118 Å². The zero-order valence-electron chi connectivity index (χ0n) is 9.76. The van der Waals surface area contributed by atoms with Gasteiger partial charge in [0.15, 0.2) is 5.16 Å². The summed E-state index contributed by atoms with van der Waals surface area (Å²) in [6.45, 7) is 0.613. The van der Waals surface area contributed by atoms with Crippen LogP contribution in [0.5, 0.6) is 0 Å². The molecular weight excluding hydrogens is 282 g/mol. The maximum atomic E-state index is 12.2. The quantitative estimate of drug-likeness (QED) is 0.757. The van der Waals surface area contributed by atoms with Crippen molar-refractivity contribution in [2.24, 2.45) is 0 Å². The van der Waals surface area contributed by atoms with Crippen molar-refractivity contribution >= 4 is 23.4 Å². The minimum Gasteiger partial charge on any atom is -0.286 e. The lowest BCUT2D eigenvalue weighted by Crippen LogP contribution is -2.24. The van der Waals surface area contributed by atoms with Gasteiger partial charge < -0.3 is 0 Å². The summed E-state index contributed by atoms with van der Waals surface area (Å²) < 4.78 is 1.56. The molecule has 19 heavy (non-hydrogen) atoms. The molecule has 1 aliphatic rings. The summed E-state index contributed by atoms with van der Waals surface area (Å²) in [4.78, 5) is 16.7. The van der Waals surface area contributed by atoms with E-state index in [1.165, 1.54) is 11.8 Å². The maximum Gasteiger partial charge on any atom is 0.272 e. The Bertz CT molecular complexity index is 746. The minimum absolute atomic E-state index is 0.0913. The first-order valence-corrected chi connectivity index (χ1v) is 7.01. The van der Waals surface area contributed by atoms with E-state index in [9.17, 15) is 10.1 Å². The van der Waals surface area contributed by atoms with E-state index in [-0.39, 0.29) is 11.1 Å². The number of nitrogens with zero attached hydrogens (tertiary/aromatic N) is 3. The van der Waals surface area contributed by atoms with Crippen LogP contribution in [-0.2, 0) is 6.54 Å². The highest BCUT2D eigenvalue weighted by Crippen LogP contribution is 2.27. The van der Waals surface area contributed by atoms with Gasteiger partial charge in [-0.05, 0) is 12.1 Å². The third-order valence-electron chi connectivity index (χ3n) is 2.91. The third-order valence-corrected chi connectivity index (χ3v) is 4.12. The molecule has 0 spiro atoms. The SMILES string of the molecule is N#Cc1c(-c2ccc(Cl)cc2)nc2n(c1=O)CCS2. The molecule has 0 N–H and O–H groups in total. The largest absolute Gasteiger partial charge is 0.286 e. The van der Waals surface area contributed by atoms with Gasteiger partial charge in [-0.2, -0.15) is 5.26 Å². The molecule has 1 aliphatic heterocycles. The molecule has 3 rings (SSSR count). The second-order valence-electron chi connectivity index (χ2n) is 4.04. The number of hydrogen-bond acceptors (Lipinski definition) is 4. The molecule has 0 saturated heterocycles. The molecule has 1 aromatic heterocycles. The Hall–Kier alpha value is -1.77. The molecule has 4 nitrogen and oxygen atoms in total. The number of aromatic nitrogens is 2. The topological polar surface area (TPSA) is 58.7 Å². The van der Waals surface area contributed by atoms with E-state index in [0.717, 1.165) is 11.3 Å². The van der Waals surface area contributed by atoms with Crippen LogP contribution in [0.4, 0.5) is 0 Å². The van der Waals surface area contributed by atoms with Gasteiger partial charge in [0, 0.05) is 22.9 Å². The molecule has 0 unspecified atom stereocenters. The van der Waals surface area contributed by atoms with Gasteiger partial charge in [0.05, 0.1) is 5.69 Å². The Kier molecular flexibility index (Phi) is 3.05. The molecule has 2 aromatic rings. The lowest BCUT2D eigenvalue weighted by Gasteiger charge is -2.07. The van der Waals surface area contributed by atoms with Gasteiger partial charge in [0.25, 0.3) is 5.56 Å². The van der Waals surface area contributed by atoms with E-state index in [4.69, 9.17) is 11.6 Å². The zero-order chi connectivity index (χ0) is 13.4. The number of nitriles is 1. The second kappa shape index (κ2) is 4.72. The van der Waals surface area contributed by atoms with Crippen LogP contribution < -0.4 is 5.56 Å². The first-order valence-electron chi connectivity index (χ1n) is 5.64. The first-order chi connectivity index (χ1) is 9.20. The van der Waals surface area contributed by atoms with Crippen LogP contribution >= 0.6 is 23.4 Å². The average Bonchev–Trinajstić information content (AvgIpc) is 2.88. The van der Waals surface area contributed by atoms with E-state index >= 15 is 0 Å². The summed E-state index contributed by atoms with van der Waals surface area (Å²) >= 11 is 7.37. The van der Waals surface area contributed by atoms with Gasteiger partial charge in [0.1, 0.15) is 11.6 Å². The zero-order valence-corrected chi connectivity index (χ0v) is 11.3. The predicted octanol–water partition coefficient (Wildman–Crippen LogP) is 2.54. The van der Waals surface area contributed by atoms with Crippen molar-refractivity contribution in [2.45, 2.75) is 11.7 Å². The van der Waals surface area contributed by atoms with Crippen molar-refractivity contribution in [2.75, 3.05) is 5.75 Å². The fourth-order valence-electron chi connectivity index (χ4n) is 1.99. The van der Waals surface area contributed by atoms with Gasteiger partial charge in [-0.25, -0.2) is 4.98 Å². The van der Waals surface area contributed by atoms with Crippen LogP contribution in [0.25, 0.3) is 11.3 Å². The summed E-state index contributed by atoms with van der Waals surface area (Å²) in [5.41, 5.74) is 0.995. The summed E-state index contributed by atoms with van der Waals surface area (Å²) in [5, 5.41) is 10.5. The van der Waals surface area contributed by atoms with Gasteiger partial charge in [-0.1, -0.05) is 35.5 Å². The van der Waals surface area contributed by atoms with Crippen molar-refractivity contribution in [1.29, 1.82) is 5.26 Å². The van der Waals surface area contributed by atoms with E-state index < -0.39 is 0 Å². The van der Waals surface area contributed by atoms with E-state index in [2.05, 4.69) is 4.98 Å². The Morgan fingerprint density at radius 2 is 2.11 bits per heavy atom. The number of rotatable bonds is 1. The number of fused-ring (bicyclic) bond motifs is 1. The molecule has 0 aliphatic carbocycles. The molecule has 0 bridgehead atoms. The Morgan fingerprint density at radius 3 is 2.79 bits per heavy atom. The fraction of sp³-hybridized carbons (Fsp3) is 0.154. The third kappa shape index (κ3) is 2.03. The number of hydrogen-bond donors (Lipinski definition) is 0. The number of thioether (sulfide) groups is 1. The van der Waals surface area contributed by atoms with E-state index in [0.29, 0.717) is 22.4 Å². The normalized spacial score (nSPS) is 13.1. The highest BCUT2D eigenvalue weighted by molar-refractivity contribution is 7.99. The van der Waals surface area contributed by atoms with E-state index in [1.807, 2.05) is 6.07 Å². The minimum atomic E-state index is -0.262. The van der Waals surface area contributed by atoms with Crippen LogP contribution in [0.15, 0.2) is 34.2 Å². The Balaban J connectivity index is 2.27. The molecule has 6 heteroatoms. The van der Waals surface area contributed by atoms with Crippen molar-refractivity contribution in [3.8, 4) is 17.3 Å². The molecule has 0 atom stereocenters. The summed E-state index contributed by atoms with van der Waals surface area (Å²) in [6, 6.07) is 8.94. The molecule has 2 heterocycles. The standard InChI is InChI=1S/C13H8ClN3OS/c14-9-3-1-8(2-4-9)11-10(7-15)12(18)17-5-6-19-13(17)16-11/h1-4H,5-6H2. The van der Waals surface area contributed by atoms with Crippen LogP contribution in [0.2, 0.25) is 5.02 Å². The molecule has 0 radical (unpaired) electrons. The van der Waals surface area contributed by atoms with Crippen molar-refractivity contribution in [3.63, 3.8) is 0 Å². The van der Waals surface area contributed by atoms with Crippen LogP contribution in [0.3, 0.4) is 0 Å². The highest BCUT2D eigenvalue weighted by atomic mass is 35.5. The molecule has 1 aromatic carbocycles. The van der Waals surface area contributed by atoms with Crippen LogP contribution in [0, 0.1) is 11.3 Å². The average molecular weight is 290 g/mol. The summed E-state index contributed by atoms with van der Waals surface area (Å²) in [6.07, 6.45) is 0. The van der Waals surface area contributed by atoms with E-state index in [1.54, 1.807) is 28.8 Å². The maximum absolute atomic E-state index is 12.2. The highest BCUT2D eigenvalue weighted by Gasteiger charge is 2.21. The molecule has 0 fully saturated rings. The number of halogens is 1. The lowest BCUT2D eigenvalue weighted by molar-refractivity contribution is 0.655. The van der Waals surface area contributed by atoms with Crippen molar-refractivity contribution < 1.29 is 0 Å². The van der Waals surface area contributed by atoms with Gasteiger partial charge in [0.2, 0.25) is 0 Å². The second-order valence-corrected chi connectivity index (χ2v) is 5.54. The molecule has 0 saturated carbocycles. The fourth-order valence-corrected chi connectivity index (χ4v) is 3.06. The van der Waals surface area contributed by atoms with Crippen molar-refractivity contribution in [1.82, 2.24) is 9.55 Å². The molecular formula is C13H8ClN3OS. The monoisotopic (exact) mass is 289 g/mol. The Morgan fingerprint density at radius 1 is 1.37 bits per heavy atom. The van der Waals surface area contributed by atoms with Gasteiger partial charge in [-0.15, -0.1) is 0 Å².